The van der Waals surface area contributed by atoms with E-state index in [0.29, 0.717) is 5.56 Å². The summed E-state index contributed by atoms with van der Waals surface area (Å²) in [5, 5.41) is 2.43. The van der Waals surface area contributed by atoms with Crippen LogP contribution in [0.2, 0.25) is 0 Å². The molecule has 0 bridgehead atoms. The summed E-state index contributed by atoms with van der Waals surface area (Å²) in [5.41, 5.74) is 0.429. The van der Waals surface area contributed by atoms with Crippen molar-refractivity contribution < 1.29 is 44.3 Å². The van der Waals surface area contributed by atoms with E-state index in [9.17, 15) is 34.8 Å². The second-order valence-corrected chi connectivity index (χ2v) is 10.5. The maximum absolute atomic E-state index is 12.4. The first-order valence-electron chi connectivity index (χ1n) is 9.67. The highest BCUT2D eigenvalue weighted by Crippen LogP contribution is 2.32. The summed E-state index contributed by atoms with van der Waals surface area (Å²) in [6.45, 7) is -0.255. The van der Waals surface area contributed by atoms with Gasteiger partial charge in [-0.15, -0.1) is 13.2 Å². The predicted octanol–water partition coefficient (Wildman–Crippen LogP) is 1.82. The third-order valence-corrected chi connectivity index (χ3v) is 7.76. The summed E-state index contributed by atoms with van der Waals surface area (Å²) >= 11 is 0. The van der Waals surface area contributed by atoms with Crippen LogP contribution in [0.3, 0.4) is 0 Å². The summed E-state index contributed by atoms with van der Waals surface area (Å²) in [7, 11) is -7.87. The lowest BCUT2D eigenvalue weighted by Gasteiger charge is -2.10. The number of sulfonamides is 1. The highest BCUT2D eigenvalue weighted by Gasteiger charge is 2.33. The molecule has 1 heterocycles. The topological polar surface area (TPSA) is 128 Å². The molecular formula is C20H19F3N2O7S2. The molecule has 184 valence electrons. The number of nitrogens with one attached hydrogen (secondary N) is 2. The van der Waals surface area contributed by atoms with E-state index < -0.39 is 37.9 Å². The quantitative estimate of drug-likeness (QED) is 0.458. The second-order valence-electron chi connectivity index (χ2n) is 6.84. The number of benzene rings is 2. The molecule has 0 saturated carbocycles. The number of carbonyl (C=O) groups excluding carboxylic acids is 1. The van der Waals surface area contributed by atoms with Crippen molar-refractivity contribution in [3.63, 3.8) is 0 Å². The molecule has 34 heavy (non-hydrogen) atoms. The molecule has 14 heteroatoms. The number of ether oxygens (including phenoxy) is 2. The van der Waals surface area contributed by atoms with Crippen LogP contribution in [0.4, 0.5) is 13.2 Å². The monoisotopic (exact) mass is 520 g/mol. The molecule has 1 aliphatic heterocycles. The number of alkyl halides is 3. The van der Waals surface area contributed by atoms with Gasteiger partial charge in [0.1, 0.15) is 10.7 Å². The minimum Gasteiger partial charge on any atom is -0.406 e. The predicted molar refractivity (Wildman–Crippen MR) is 114 cm³/mol. The number of fused-ring (bicyclic) bond motifs is 1. The molecule has 1 amide bonds. The summed E-state index contributed by atoms with van der Waals surface area (Å²) in [6.07, 6.45) is -3.60. The van der Waals surface area contributed by atoms with Crippen molar-refractivity contribution in [2.24, 2.45) is 0 Å². The fourth-order valence-corrected chi connectivity index (χ4v) is 5.49. The van der Waals surface area contributed by atoms with Crippen molar-refractivity contribution in [3.05, 3.63) is 59.0 Å². The van der Waals surface area contributed by atoms with Gasteiger partial charge >= 0.3 is 6.36 Å². The lowest BCUT2D eigenvalue weighted by atomic mass is 10.2. The summed E-state index contributed by atoms with van der Waals surface area (Å²) in [6, 6.07) is 9.89. The summed E-state index contributed by atoms with van der Waals surface area (Å²) in [4.78, 5) is 11.7. The molecule has 3 rings (SSSR count). The Balaban J connectivity index is 1.38. The van der Waals surface area contributed by atoms with E-state index in [1.807, 2.05) is 0 Å². The highest BCUT2D eigenvalue weighted by atomic mass is 32.2. The molecular weight excluding hydrogens is 501 g/mol. The van der Waals surface area contributed by atoms with Crippen LogP contribution >= 0.6 is 0 Å². The van der Waals surface area contributed by atoms with Crippen molar-refractivity contribution >= 4 is 31.8 Å². The van der Waals surface area contributed by atoms with Crippen molar-refractivity contribution in [2.75, 3.05) is 26.3 Å². The second kappa shape index (κ2) is 10.1. The average Bonchev–Trinajstić information content (AvgIpc) is 3.03. The van der Waals surface area contributed by atoms with E-state index in [1.54, 1.807) is 18.2 Å². The first-order valence-corrected chi connectivity index (χ1v) is 12.6. The van der Waals surface area contributed by atoms with Gasteiger partial charge in [-0.1, -0.05) is 18.2 Å². The van der Waals surface area contributed by atoms with Crippen LogP contribution in [0.25, 0.3) is 6.08 Å². The van der Waals surface area contributed by atoms with Gasteiger partial charge in [0, 0.05) is 13.1 Å². The molecule has 0 saturated heterocycles. The molecule has 2 aromatic carbocycles. The van der Waals surface area contributed by atoms with Gasteiger partial charge in [0.05, 0.1) is 23.0 Å². The molecule has 0 atom stereocenters. The van der Waals surface area contributed by atoms with Crippen LogP contribution in [0.1, 0.15) is 5.56 Å². The van der Waals surface area contributed by atoms with E-state index in [1.165, 1.54) is 12.1 Å². The van der Waals surface area contributed by atoms with Gasteiger partial charge < -0.3 is 14.8 Å². The molecule has 0 fully saturated rings. The zero-order valence-electron chi connectivity index (χ0n) is 17.3. The van der Waals surface area contributed by atoms with Crippen molar-refractivity contribution in [3.8, 4) is 5.75 Å². The Morgan fingerprint density at radius 2 is 1.62 bits per heavy atom. The highest BCUT2D eigenvalue weighted by molar-refractivity contribution is 7.96. The molecule has 9 nitrogen and oxygen atoms in total. The van der Waals surface area contributed by atoms with Crippen LogP contribution in [-0.4, -0.2) is 55.4 Å². The molecule has 2 N–H and O–H groups in total. The van der Waals surface area contributed by atoms with E-state index in [-0.39, 0.29) is 41.0 Å². The van der Waals surface area contributed by atoms with Crippen LogP contribution in [0.5, 0.6) is 5.75 Å². The van der Waals surface area contributed by atoms with Crippen LogP contribution < -0.4 is 14.8 Å². The molecule has 0 unspecified atom stereocenters. The van der Waals surface area contributed by atoms with E-state index in [2.05, 4.69) is 14.8 Å². The van der Waals surface area contributed by atoms with Crippen LogP contribution in [0.15, 0.2) is 63.2 Å². The minimum absolute atomic E-state index is 0.0166. The number of halogens is 3. The number of sulfone groups is 1. The Hall–Kier alpha value is -2.94. The molecule has 0 aliphatic carbocycles. The number of hydrogen-bond acceptors (Lipinski definition) is 7. The third kappa shape index (κ3) is 6.34. The van der Waals surface area contributed by atoms with Gasteiger partial charge in [-0.25, -0.2) is 21.6 Å². The van der Waals surface area contributed by atoms with Gasteiger partial charge in [0.15, 0.2) is 0 Å². The minimum atomic E-state index is -4.89. The van der Waals surface area contributed by atoms with E-state index in [4.69, 9.17) is 4.74 Å². The molecule has 0 aromatic heterocycles. The number of amides is 1. The Labute approximate surface area is 193 Å². The zero-order valence-corrected chi connectivity index (χ0v) is 19.0. The third-order valence-electron chi connectivity index (χ3n) is 4.45. The maximum Gasteiger partial charge on any atom is 0.573 e. The van der Waals surface area contributed by atoms with Gasteiger partial charge in [0.25, 0.3) is 5.91 Å². The normalized spacial score (nSPS) is 14.9. The van der Waals surface area contributed by atoms with Crippen LogP contribution in [-0.2, 0) is 29.4 Å². The van der Waals surface area contributed by atoms with E-state index >= 15 is 0 Å². The zero-order chi connectivity index (χ0) is 25.0. The lowest BCUT2D eigenvalue weighted by Crippen LogP contribution is -2.31. The van der Waals surface area contributed by atoms with Gasteiger partial charge in [-0.05, 0) is 42.0 Å². The first kappa shape index (κ1) is 25.7. The maximum atomic E-state index is 12.4. The Kier molecular flexibility index (Phi) is 7.65. The molecule has 0 radical (unpaired) electrons. The fourth-order valence-electron chi connectivity index (χ4n) is 2.95. The average molecular weight is 521 g/mol. The Morgan fingerprint density at radius 3 is 2.26 bits per heavy atom. The number of carbonyl (C=O) groups is 1. The Morgan fingerprint density at radius 1 is 0.971 bits per heavy atom. The van der Waals surface area contributed by atoms with Crippen LogP contribution in [0, 0.1) is 0 Å². The molecule has 0 spiro atoms. The SMILES string of the molecule is O=C(NCCOCCNS(=O)(=O)c1ccc(OC(F)(F)F)cc1)C1=Cc2ccccc2S1(=O)=O. The smallest absolute Gasteiger partial charge is 0.406 e. The number of hydrogen-bond donors (Lipinski definition) is 2. The largest absolute Gasteiger partial charge is 0.573 e. The summed E-state index contributed by atoms with van der Waals surface area (Å²) in [5.74, 6) is -1.33. The van der Waals surface area contributed by atoms with Gasteiger partial charge in [0.2, 0.25) is 19.9 Å². The van der Waals surface area contributed by atoms with Crippen molar-refractivity contribution in [2.45, 2.75) is 16.2 Å². The first-order chi connectivity index (χ1) is 15.9. The summed E-state index contributed by atoms with van der Waals surface area (Å²) < 4.78 is 96.7. The van der Waals surface area contributed by atoms with Crippen molar-refractivity contribution in [1.82, 2.24) is 10.0 Å². The van der Waals surface area contributed by atoms with Gasteiger partial charge in [-0.2, -0.15) is 0 Å². The number of rotatable bonds is 10. The lowest BCUT2D eigenvalue weighted by molar-refractivity contribution is -0.274. The van der Waals surface area contributed by atoms with Crippen molar-refractivity contribution in [1.29, 1.82) is 0 Å². The van der Waals surface area contributed by atoms with E-state index in [0.717, 1.165) is 24.3 Å². The Bertz CT molecular complexity index is 1290. The molecule has 1 aliphatic rings. The fraction of sp³-hybridized carbons (Fsp3) is 0.250. The van der Waals surface area contributed by atoms with Gasteiger partial charge in [-0.3, -0.25) is 4.79 Å². The standard InChI is InChI=1S/C20H19F3N2O7S2/c21-20(22,23)32-15-5-7-16(8-6-15)34(29,30)25-10-12-31-11-9-24-19(26)18-13-14-3-1-2-4-17(14)33(18,27)28/h1-8,13,25H,9-12H2,(H,24,26). The molecule has 2 aromatic rings.